The Balaban J connectivity index is 2.88. The lowest BCUT2D eigenvalue weighted by Gasteiger charge is -2.10. The summed E-state index contributed by atoms with van der Waals surface area (Å²) >= 11 is 0. The summed E-state index contributed by atoms with van der Waals surface area (Å²) in [5.74, 6) is 0.314. The van der Waals surface area contributed by atoms with Gasteiger partial charge in [0.2, 0.25) is 0 Å². The fraction of sp³-hybridized carbons (Fsp3) is 0.400. The average molecular weight is 199 g/mol. The minimum Gasteiger partial charge on any atom is -0.504 e. The van der Waals surface area contributed by atoms with Gasteiger partial charge in [-0.1, -0.05) is 6.07 Å². The molecule has 14 heavy (non-hydrogen) atoms. The van der Waals surface area contributed by atoms with Gasteiger partial charge in [-0.3, -0.25) is 0 Å². The Morgan fingerprint density at radius 2 is 2.29 bits per heavy atom. The van der Waals surface area contributed by atoms with E-state index in [-0.39, 0.29) is 12.3 Å². The quantitative estimate of drug-likeness (QED) is 0.774. The van der Waals surface area contributed by atoms with Gasteiger partial charge >= 0.3 is 0 Å². The largest absolute Gasteiger partial charge is 0.504 e. The number of rotatable bonds is 4. The Bertz CT molecular complexity index is 304. The van der Waals surface area contributed by atoms with Gasteiger partial charge < -0.3 is 15.2 Å². The second kappa shape index (κ2) is 4.81. The maximum atomic E-state index is 13.4. The number of alkyl halides is 1. The summed E-state index contributed by atoms with van der Waals surface area (Å²) in [5.41, 5.74) is 0.494. The lowest BCUT2D eigenvalue weighted by atomic mass is 10.1. The van der Waals surface area contributed by atoms with Crippen molar-refractivity contribution in [2.24, 2.45) is 0 Å². The topological polar surface area (TPSA) is 41.5 Å². The number of benzene rings is 1. The van der Waals surface area contributed by atoms with Crippen molar-refractivity contribution in [2.75, 3.05) is 20.7 Å². The van der Waals surface area contributed by atoms with Crippen molar-refractivity contribution in [3.8, 4) is 11.5 Å². The van der Waals surface area contributed by atoms with Crippen molar-refractivity contribution in [1.82, 2.24) is 5.32 Å². The molecule has 0 radical (unpaired) electrons. The molecule has 1 aromatic rings. The van der Waals surface area contributed by atoms with Crippen LogP contribution < -0.4 is 10.1 Å². The SMILES string of the molecule is CNCC(F)c1ccc(O)c(OC)c1. The minimum absolute atomic E-state index is 0.0212. The van der Waals surface area contributed by atoms with Gasteiger partial charge in [0, 0.05) is 6.54 Å². The minimum atomic E-state index is -1.09. The van der Waals surface area contributed by atoms with Crippen LogP contribution in [0, 0.1) is 0 Å². The van der Waals surface area contributed by atoms with Gasteiger partial charge in [-0.25, -0.2) is 4.39 Å². The fourth-order valence-electron chi connectivity index (χ4n) is 1.19. The van der Waals surface area contributed by atoms with Gasteiger partial charge in [0.1, 0.15) is 6.17 Å². The number of hydrogen-bond donors (Lipinski definition) is 2. The molecule has 0 aliphatic rings. The third-order valence-electron chi connectivity index (χ3n) is 1.95. The van der Waals surface area contributed by atoms with E-state index >= 15 is 0 Å². The van der Waals surface area contributed by atoms with Crippen molar-refractivity contribution in [2.45, 2.75) is 6.17 Å². The van der Waals surface area contributed by atoms with Crippen LogP contribution in [-0.4, -0.2) is 25.8 Å². The Hall–Kier alpha value is -1.29. The highest BCUT2D eigenvalue weighted by Crippen LogP contribution is 2.29. The molecule has 0 amide bonds. The van der Waals surface area contributed by atoms with E-state index in [0.717, 1.165) is 0 Å². The zero-order chi connectivity index (χ0) is 10.6. The molecule has 0 aromatic heterocycles. The standard InChI is InChI=1S/C10H14FNO2/c1-12-6-8(11)7-3-4-9(13)10(5-7)14-2/h3-5,8,12-13H,6H2,1-2H3. The Morgan fingerprint density at radius 1 is 1.57 bits per heavy atom. The van der Waals surface area contributed by atoms with Gasteiger partial charge in [-0.2, -0.15) is 0 Å². The van der Waals surface area contributed by atoms with Crippen LogP contribution in [0.3, 0.4) is 0 Å². The van der Waals surface area contributed by atoms with Crippen molar-refractivity contribution in [3.63, 3.8) is 0 Å². The van der Waals surface area contributed by atoms with Crippen LogP contribution >= 0.6 is 0 Å². The molecule has 0 bridgehead atoms. The highest BCUT2D eigenvalue weighted by Gasteiger charge is 2.11. The molecule has 1 rings (SSSR count). The molecule has 0 aliphatic carbocycles. The van der Waals surface area contributed by atoms with E-state index in [1.54, 1.807) is 13.1 Å². The summed E-state index contributed by atoms with van der Waals surface area (Å²) < 4.78 is 18.3. The second-order valence-corrected chi connectivity index (χ2v) is 2.96. The number of likely N-dealkylation sites (N-methyl/N-ethyl adjacent to an activating group) is 1. The summed E-state index contributed by atoms with van der Waals surface area (Å²) in [6.45, 7) is 0.244. The van der Waals surface area contributed by atoms with Crippen molar-refractivity contribution < 1.29 is 14.2 Å². The Labute approximate surface area is 82.5 Å². The molecule has 0 aliphatic heterocycles. The molecule has 0 spiro atoms. The average Bonchev–Trinajstić information content (AvgIpc) is 2.19. The molecule has 0 saturated heterocycles. The van der Waals surface area contributed by atoms with Crippen molar-refractivity contribution >= 4 is 0 Å². The first-order valence-corrected chi connectivity index (χ1v) is 4.34. The summed E-state index contributed by atoms with van der Waals surface area (Å²) in [6.07, 6.45) is -1.09. The van der Waals surface area contributed by atoms with Gasteiger partial charge in [-0.15, -0.1) is 0 Å². The van der Waals surface area contributed by atoms with Crippen LogP contribution in [0.1, 0.15) is 11.7 Å². The molecule has 78 valence electrons. The number of nitrogens with one attached hydrogen (secondary N) is 1. The van der Waals surface area contributed by atoms with Crippen LogP contribution in [0.2, 0.25) is 0 Å². The summed E-state index contributed by atoms with van der Waals surface area (Å²) in [7, 11) is 3.12. The Kier molecular flexibility index (Phi) is 3.71. The van der Waals surface area contributed by atoms with Gasteiger partial charge in [0.25, 0.3) is 0 Å². The first kappa shape index (κ1) is 10.8. The zero-order valence-electron chi connectivity index (χ0n) is 8.25. The molecular formula is C10H14FNO2. The van der Waals surface area contributed by atoms with E-state index in [0.29, 0.717) is 11.3 Å². The number of hydrogen-bond acceptors (Lipinski definition) is 3. The van der Waals surface area contributed by atoms with E-state index in [1.165, 1.54) is 19.2 Å². The number of aromatic hydroxyl groups is 1. The van der Waals surface area contributed by atoms with Crippen molar-refractivity contribution in [1.29, 1.82) is 0 Å². The molecule has 2 N–H and O–H groups in total. The highest BCUT2D eigenvalue weighted by molar-refractivity contribution is 5.42. The number of methoxy groups -OCH3 is 1. The van der Waals surface area contributed by atoms with E-state index in [4.69, 9.17) is 4.74 Å². The van der Waals surface area contributed by atoms with Crippen LogP contribution in [0.25, 0.3) is 0 Å². The molecule has 1 unspecified atom stereocenters. The smallest absolute Gasteiger partial charge is 0.160 e. The fourth-order valence-corrected chi connectivity index (χ4v) is 1.19. The molecule has 0 heterocycles. The molecule has 0 saturated carbocycles. The number of halogens is 1. The lowest BCUT2D eigenvalue weighted by Crippen LogP contribution is -2.13. The van der Waals surface area contributed by atoms with Crippen LogP contribution in [-0.2, 0) is 0 Å². The van der Waals surface area contributed by atoms with Gasteiger partial charge in [0.05, 0.1) is 7.11 Å². The van der Waals surface area contributed by atoms with Crippen molar-refractivity contribution in [3.05, 3.63) is 23.8 Å². The molecule has 1 aromatic carbocycles. The molecule has 4 heteroatoms. The molecule has 3 nitrogen and oxygen atoms in total. The first-order valence-electron chi connectivity index (χ1n) is 4.34. The van der Waals surface area contributed by atoms with Gasteiger partial charge in [0.15, 0.2) is 11.5 Å². The predicted octanol–water partition coefficient (Wildman–Crippen LogP) is 1.63. The summed E-state index contributed by atoms with van der Waals surface area (Å²) in [4.78, 5) is 0. The van der Waals surface area contributed by atoms with E-state index in [1.807, 2.05) is 0 Å². The lowest BCUT2D eigenvalue weighted by molar-refractivity contribution is 0.330. The van der Waals surface area contributed by atoms with Gasteiger partial charge in [-0.05, 0) is 24.7 Å². The number of ether oxygens (including phenoxy) is 1. The number of phenols is 1. The zero-order valence-corrected chi connectivity index (χ0v) is 8.25. The monoisotopic (exact) mass is 199 g/mol. The van der Waals surface area contributed by atoms with E-state index in [9.17, 15) is 9.50 Å². The third kappa shape index (κ3) is 2.35. The molecule has 1 atom stereocenters. The summed E-state index contributed by atoms with van der Waals surface area (Å²) in [6, 6.07) is 4.47. The van der Waals surface area contributed by atoms with E-state index in [2.05, 4.69) is 5.32 Å². The van der Waals surface area contributed by atoms with Crippen LogP contribution in [0.4, 0.5) is 4.39 Å². The normalized spacial score (nSPS) is 12.5. The first-order chi connectivity index (χ1) is 6.69. The molecule has 0 fully saturated rings. The maximum absolute atomic E-state index is 13.4. The summed E-state index contributed by atoms with van der Waals surface area (Å²) in [5, 5.41) is 12.0. The Morgan fingerprint density at radius 3 is 2.86 bits per heavy atom. The predicted molar refractivity (Wildman–Crippen MR) is 52.4 cm³/mol. The maximum Gasteiger partial charge on any atom is 0.160 e. The van der Waals surface area contributed by atoms with E-state index < -0.39 is 6.17 Å². The highest BCUT2D eigenvalue weighted by atomic mass is 19.1. The molecular weight excluding hydrogens is 185 g/mol. The third-order valence-corrected chi connectivity index (χ3v) is 1.95. The van der Waals surface area contributed by atoms with Crippen LogP contribution in [0.5, 0.6) is 11.5 Å². The van der Waals surface area contributed by atoms with Crippen LogP contribution in [0.15, 0.2) is 18.2 Å². The number of phenolic OH excluding ortho intramolecular Hbond substituents is 1. The second-order valence-electron chi connectivity index (χ2n) is 2.96.